The maximum absolute atomic E-state index is 13.5. The molecule has 0 saturated heterocycles. The third kappa shape index (κ3) is 4.64. The fourth-order valence-corrected chi connectivity index (χ4v) is 2.18. The van der Waals surface area contributed by atoms with E-state index in [0.717, 1.165) is 5.56 Å². The number of aliphatic hydroxyl groups excluding tert-OH is 1. The van der Waals surface area contributed by atoms with Gasteiger partial charge in [0, 0.05) is 10.0 Å². The lowest BCUT2D eigenvalue weighted by atomic mass is 10.1. The summed E-state index contributed by atoms with van der Waals surface area (Å²) in [5.74, 6) is 5.05. The van der Waals surface area contributed by atoms with Crippen molar-refractivity contribution >= 4 is 23.2 Å². The summed E-state index contributed by atoms with van der Waals surface area (Å²) in [5.41, 5.74) is 0.962. The maximum atomic E-state index is 13.5. The maximum Gasteiger partial charge on any atom is 0.138 e. The van der Waals surface area contributed by atoms with Crippen LogP contribution in [0.4, 0.5) is 4.39 Å². The number of halogens is 3. The van der Waals surface area contributed by atoms with Crippen molar-refractivity contribution in [3.05, 3.63) is 63.4 Å². The van der Waals surface area contributed by atoms with Crippen molar-refractivity contribution in [3.8, 4) is 17.6 Å². The van der Waals surface area contributed by atoms with Crippen LogP contribution in [0.5, 0.6) is 5.75 Å². The summed E-state index contributed by atoms with van der Waals surface area (Å²) in [6.07, 6.45) is 0. The molecule has 108 valence electrons. The van der Waals surface area contributed by atoms with E-state index in [-0.39, 0.29) is 18.8 Å². The Labute approximate surface area is 132 Å². The van der Waals surface area contributed by atoms with Gasteiger partial charge in [-0.3, -0.25) is 0 Å². The summed E-state index contributed by atoms with van der Waals surface area (Å²) in [7, 11) is 0. The number of hydrogen-bond donors (Lipinski definition) is 1. The van der Waals surface area contributed by atoms with Crippen molar-refractivity contribution in [1.82, 2.24) is 0 Å². The molecule has 2 rings (SSSR count). The van der Waals surface area contributed by atoms with E-state index < -0.39 is 5.82 Å². The average molecular weight is 325 g/mol. The zero-order valence-corrected chi connectivity index (χ0v) is 12.4. The Balaban J connectivity index is 2.13. The zero-order chi connectivity index (χ0) is 15.2. The molecule has 0 atom stereocenters. The molecule has 21 heavy (non-hydrogen) atoms. The first-order valence-corrected chi connectivity index (χ1v) is 6.81. The third-order valence-electron chi connectivity index (χ3n) is 2.57. The predicted molar refractivity (Wildman–Crippen MR) is 81.2 cm³/mol. The first kappa shape index (κ1) is 15.7. The summed E-state index contributed by atoms with van der Waals surface area (Å²) in [6, 6.07) is 9.38. The van der Waals surface area contributed by atoms with Crippen LogP contribution in [-0.4, -0.2) is 11.7 Å². The fraction of sp³-hybridized carbons (Fsp3) is 0.125. The van der Waals surface area contributed by atoms with Gasteiger partial charge in [-0.15, -0.1) is 0 Å². The smallest absolute Gasteiger partial charge is 0.138 e. The molecule has 0 spiro atoms. The molecule has 2 nitrogen and oxygen atoms in total. The summed E-state index contributed by atoms with van der Waals surface area (Å²) < 4.78 is 19.1. The van der Waals surface area contributed by atoms with Crippen LogP contribution >= 0.6 is 23.2 Å². The van der Waals surface area contributed by atoms with Gasteiger partial charge < -0.3 is 9.84 Å². The average Bonchev–Trinajstić information content (AvgIpc) is 2.44. The van der Waals surface area contributed by atoms with Crippen LogP contribution in [0.1, 0.15) is 11.1 Å². The predicted octanol–water partition coefficient (Wildman–Crippen LogP) is 4.06. The van der Waals surface area contributed by atoms with Crippen LogP contribution in [0.25, 0.3) is 0 Å². The van der Waals surface area contributed by atoms with E-state index in [0.29, 0.717) is 15.8 Å². The molecule has 0 aliphatic carbocycles. The third-order valence-corrected chi connectivity index (χ3v) is 3.01. The summed E-state index contributed by atoms with van der Waals surface area (Å²) in [5, 5.41) is 9.60. The monoisotopic (exact) mass is 324 g/mol. The van der Waals surface area contributed by atoms with E-state index in [1.165, 1.54) is 6.07 Å². The lowest BCUT2D eigenvalue weighted by molar-refractivity contribution is 0.306. The minimum absolute atomic E-state index is 0.217. The van der Waals surface area contributed by atoms with Gasteiger partial charge in [0.05, 0.1) is 5.56 Å². The Hall–Kier alpha value is -1.73. The van der Waals surface area contributed by atoms with E-state index in [1.54, 1.807) is 30.3 Å². The van der Waals surface area contributed by atoms with E-state index >= 15 is 0 Å². The summed E-state index contributed by atoms with van der Waals surface area (Å²) >= 11 is 11.8. The van der Waals surface area contributed by atoms with Gasteiger partial charge in [-0.1, -0.05) is 41.1 Å². The molecule has 0 unspecified atom stereocenters. The lowest BCUT2D eigenvalue weighted by Gasteiger charge is -2.08. The lowest BCUT2D eigenvalue weighted by Crippen LogP contribution is -1.97. The van der Waals surface area contributed by atoms with E-state index in [9.17, 15) is 4.39 Å². The van der Waals surface area contributed by atoms with Crippen molar-refractivity contribution in [3.63, 3.8) is 0 Å². The van der Waals surface area contributed by atoms with Crippen molar-refractivity contribution in [2.24, 2.45) is 0 Å². The molecule has 2 aromatic rings. The van der Waals surface area contributed by atoms with Crippen molar-refractivity contribution in [2.75, 3.05) is 6.61 Å². The van der Waals surface area contributed by atoms with Crippen molar-refractivity contribution in [2.45, 2.75) is 6.61 Å². The topological polar surface area (TPSA) is 29.5 Å². The quantitative estimate of drug-likeness (QED) is 0.863. The van der Waals surface area contributed by atoms with Gasteiger partial charge in [-0.2, -0.15) is 0 Å². The molecule has 0 aromatic heterocycles. The zero-order valence-electron chi connectivity index (χ0n) is 10.9. The van der Waals surface area contributed by atoms with Crippen molar-refractivity contribution in [1.29, 1.82) is 0 Å². The second-order valence-corrected chi connectivity index (χ2v) is 5.04. The van der Waals surface area contributed by atoms with Crippen LogP contribution in [0.3, 0.4) is 0 Å². The first-order valence-electron chi connectivity index (χ1n) is 6.05. The highest BCUT2D eigenvalue weighted by atomic mass is 35.5. The van der Waals surface area contributed by atoms with Gasteiger partial charge in [0.15, 0.2) is 0 Å². The second-order valence-electron chi connectivity index (χ2n) is 4.17. The number of hydrogen-bond acceptors (Lipinski definition) is 2. The number of aliphatic hydroxyl groups is 1. The highest BCUT2D eigenvalue weighted by molar-refractivity contribution is 6.34. The fourth-order valence-electron chi connectivity index (χ4n) is 1.67. The number of ether oxygens (including phenoxy) is 1. The molecule has 0 heterocycles. The Bertz CT molecular complexity index is 685. The Morgan fingerprint density at radius 2 is 1.81 bits per heavy atom. The van der Waals surface area contributed by atoms with Crippen LogP contribution in [0, 0.1) is 17.7 Å². The van der Waals surface area contributed by atoms with E-state index in [4.69, 9.17) is 33.0 Å². The molecule has 0 aliphatic rings. The molecule has 2 aromatic carbocycles. The summed E-state index contributed by atoms with van der Waals surface area (Å²) in [6.45, 7) is -0.0913. The molecule has 0 amide bonds. The Morgan fingerprint density at radius 3 is 2.48 bits per heavy atom. The van der Waals surface area contributed by atoms with Gasteiger partial charge in [-0.25, -0.2) is 4.39 Å². The van der Waals surface area contributed by atoms with E-state index in [2.05, 4.69) is 11.8 Å². The van der Waals surface area contributed by atoms with Gasteiger partial charge in [0.2, 0.25) is 0 Å². The standard InChI is InChI=1S/C16H11Cl2FO2/c17-13-7-14(18)9-15(8-13)21-10-11-3-4-16(19)12(6-11)2-1-5-20/h3-4,6-9,20H,5,10H2. The highest BCUT2D eigenvalue weighted by Crippen LogP contribution is 2.25. The second kappa shape index (κ2) is 7.33. The van der Waals surface area contributed by atoms with Gasteiger partial charge in [-0.05, 0) is 35.9 Å². The van der Waals surface area contributed by atoms with Crippen LogP contribution in [-0.2, 0) is 6.61 Å². The number of benzene rings is 2. The molecule has 1 N–H and O–H groups in total. The largest absolute Gasteiger partial charge is 0.489 e. The van der Waals surface area contributed by atoms with Gasteiger partial charge in [0.1, 0.15) is 24.8 Å². The molecule has 0 aliphatic heterocycles. The van der Waals surface area contributed by atoms with Gasteiger partial charge >= 0.3 is 0 Å². The minimum atomic E-state index is -0.439. The van der Waals surface area contributed by atoms with Crippen LogP contribution < -0.4 is 4.74 Å². The van der Waals surface area contributed by atoms with Crippen LogP contribution in [0.2, 0.25) is 10.0 Å². The molecule has 0 bridgehead atoms. The molecular formula is C16H11Cl2FO2. The Kier molecular flexibility index (Phi) is 5.46. The molecule has 5 heteroatoms. The number of rotatable bonds is 3. The Morgan fingerprint density at radius 1 is 1.10 bits per heavy atom. The highest BCUT2D eigenvalue weighted by Gasteiger charge is 2.04. The molecule has 0 fully saturated rings. The molecule has 0 saturated carbocycles. The van der Waals surface area contributed by atoms with Gasteiger partial charge in [0.25, 0.3) is 0 Å². The summed E-state index contributed by atoms with van der Waals surface area (Å²) in [4.78, 5) is 0. The van der Waals surface area contributed by atoms with Crippen molar-refractivity contribution < 1.29 is 14.2 Å². The normalized spacial score (nSPS) is 9.90. The SMILES string of the molecule is OCC#Cc1cc(COc2cc(Cl)cc(Cl)c2)ccc1F. The van der Waals surface area contributed by atoms with Crippen LogP contribution in [0.15, 0.2) is 36.4 Å². The molecular weight excluding hydrogens is 314 g/mol. The molecule has 0 radical (unpaired) electrons. The first-order chi connectivity index (χ1) is 10.1. The minimum Gasteiger partial charge on any atom is -0.489 e. The van der Waals surface area contributed by atoms with E-state index in [1.807, 2.05) is 0 Å².